The molecule has 22 heavy (non-hydrogen) atoms. The second-order valence-corrected chi connectivity index (χ2v) is 6.31. The topological polar surface area (TPSA) is 55.1 Å². The van der Waals surface area contributed by atoms with Crippen LogP contribution in [0.15, 0.2) is 40.9 Å². The van der Waals surface area contributed by atoms with Crippen LogP contribution < -0.4 is 0 Å². The van der Waals surface area contributed by atoms with Crippen molar-refractivity contribution < 1.29 is 9.90 Å². The number of aryl methyl sites for hydroxylation is 1. The number of benzene rings is 2. The van der Waals surface area contributed by atoms with Crippen LogP contribution in [0.1, 0.15) is 21.7 Å². The molecule has 0 radical (unpaired) electrons. The smallest absolute Gasteiger partial charge is 0.335 e. The van der Waals surface area contributed by atoms with Crippen molar-refractivity contribution in [2.75, 3.05) is 0 Å². The molecule has 112 valence electrons. The lowest BCUT2D eigenvalue weighted by Crippen LogP contribution is -2.03. The Labute approximate surface area is 140 Å². The highest BCUT2D eigenvalue weighted by Gasteiger charge is 2.12. The van der Waals surface area contributed by atoms with Crippen molar-refractivity contribution in [3.63, 3.8) is 0 Å². The molecule has 3 aromatic rings. The average Bonchev–Trinajstić information content (AvgIpc) is 2.77. The highest BCUT2D eigenvalue weighted by atomic mass is 79.9. The molecule has 0 amide bonds. The van der Waals surface area contributed by atoms with E-state index >= 15 is 0 Å². The second kappa shape index (κ2) is 5.74. The van der Waals surface area contributed by atoms with Crippen LogP contribution in [0, 0.1) is 6.92 Å². The normalized spacial score (nSPS) is 11.0. The molecule has 4 nitrogen and oxygen atoms in total. The van der Waals surface area contributed by atoms with Crippen LogP contribution in [0.3, 0.4) is 0 Å². The summed E-state index contributed by atoms with van der Waals surface area (Å²) in [6.07, 6.45) is 0. The van der Waals surface area contributed by atoms with Crippen molar-refractivity contribution in [1.82, 2.24) is 9.55 Å². The van der Waals surface area contributed by atoms with Gasteiger partial charge in [0.1, 0.15) is 5.82 Å². The molecule has 0 bridgehead atoms. The fourth-order valence-corrected chi connectivity index (χ4v) is 3.13. The van der Waals surface area contributed by atoms with E-state index in [0.717, 1.165) is 26.9 Å². The first-order valence-electron chi connectivity index (χ1n) is 6.60. The minimum absolute atomic E-state index is 0.246. The van der Waals surface area contributed by atoms with Gasteiger partial charge in [0.15, 0.2) is 0 Å². The Balaban J connectivity index is 2.11. The third-order valence-corrected chi connectivity index (χ3v) is 4.37. The number of aromatic carboxylic acids is 1. The van der Waals surface area contributed by atoms with Gasteiger partial charge in [0, 0.05) is 9.50 Å². The second-order valence-electron chi connectivity index (χ2n) is 4.99. The van der Waals surface area contributed by atoms with Gasteiger partial charge in [-0.25, -0.2) is 9.78 Å². The lowest BCUT2D eigenvalue weighted by Gasteiger charge is -2.09. The van der Waals surface area contributed by atoms with Crippen molar-refractivity contribution in [3.8, 4) is 0 Å². The SMILES string of the molecule is Cc1nc2ccc(C(=O)O)cc2n1Cc1ccc(Br)cc1Cl. The van der Waals surface area contributed by atoms with Crippen LogP contribution in [0.5, 0.6) is 0 Å². The third-order valence-electron chi connectivity index (χ3n) is 3.53. The van der Waals surface area contributed by atoms with E-state index in [4.69, 9.17) is 16.7 Å². The first-order valence-corrected chi connectivity index (χ1v) is 7.77. The van der Waals surface area contributed by atoms with Gasteiger partial charge in [-0.05, 0) is 42.8 Å². The summed E-state index contributed by atoms with van der Waals surface area (Å²) in [5.74, 6) is -0.134. The molecular weight excluding hydrogens is 368 g/mol. The van der Waals surface area contributed by atoms with Gasteiger partial charge in [0.05, 0.1) is 23.1 Å². The molecule has 0 aliphatic rings. The Morgan fingerprint density at radius 3 is 2.77 bits per heavy atom. The van der Waals surface area contributed by atoms with E-state index in [1.54, 1.807) is 18.2 Å². The Morgan fingerprint density at radius 1 is 1.32 bits per heavy atom. The maximum Gasteiger partial charge on any atom is 0.335 e. The number of carboxylic acid groups (broad SMARTS) is 1. The lowest BCUT2D eigenvalue weighted by atomic mass is 10.2. The van der Waals surface area contributed by atoms with Gasteiger partial charge in [0.25, 0.3) is 0 Å². The molecular formula is C16H12BrClN2O2. The van der Waals surface area contributed by atoms with Crippen LogP contribution in [0.2, 0.25) is 5.02 Å². The Morgan fingerprint density at radius 2 is 2.09 bits per heavy atom. The molecule has 1 aromatic heterocycles. The van der Waals surface area contributed by atoms with Crippen molar-refractivity contribution in [3.05, 3.63) is 62.8 Å². The Bertz CT molecular complexity index is 889. The van der Waals surface area contributed by atoms with Gasteiger partial charge in [-0.1, -0.05) is 33.6 Å². The van der Waals surface area contributed by atoms with Crippen LogP contribution in [-0.4, -0.2) is 20.6 Å². The number of carboxylic acids is 1. The predicted octanol–water partition coefficient (Wildman–Crippen LogP) is 4.51. The third kappa shape index (κ3) is 2.74. The molecule has 0 fully saturated rings. The van der Waals surface area contributed by atoms with Gasteiger partial charge >= 0.3 is 5.97 Å². The molecule has 0 unspecified atom stereocenters. The summed E-state index contributed by atoms with van der Waals surface area (Å²) in [5.41, 5.74) is 2.76. The first-order chi connectivity index (χ1) is 10.5. The standard InChI is InChI=1S/C16H12BrClN2O2/c1-9-19-14-5-3-10(16(21)22)6-15(14)20(9)8-11-2-4-12(17)7-13(11)18/h2-7H,8H2,1H3,(H,21,22). The maximum atomic E-state index is 11.2. The monoisotopic (exact) mass is 378 g/mol. The van der Waals surface area contributed by atoms with E-state index in [-0.39, 0.29) is 5.56 Å². The van der Waals surface area contributed by atoms with Gasteiger partial charge in [0.2, 0.25) is 0 Å². The summed E-state index contributed by atoms with van der Waals surface area (Å²) in [6, 6.07) is 10.6. The first kappa shape index (κ1) is 15.1. The largest absolute Gasteiger partial charge is 0.478 e. The number of aromatic nitrogens is 2. The molecule has 0 atom stereocenters. The average molecular weight is 380 g/mol. The van der Waals surface area contributed by atoms with Gasteiger partial charge in [-0.3, -0.25) is 0 Å². The molecule has 0 aliphatic carbocycles. The fourth-order valence-electron chi connectivity index (χ4n) is 2.40. The van der Waals surface area contributed by atoms with Crippen molar-refractivity contribution in [2.24, 2.45) is 0 Å². The van der Waals surface area contributed by atoms with Crippen molar-refractivity contribution in [1.29, 1.82) is 0 Å². The van der Waals surface area contributed by atoms with E-state index < -0.39 is 5.97 Å². The summed E-state index contributed by atoms with van der Waals surface area (Å²) < 4.78 is 2.89. The zero-order valence-electron chi connectivity index (χ0n) is 11.7. The van der Waals surface area contributed by atoms with Crippen molar-refractivity contribution in [2.45, 2.75) is 13.5 Å². The minimum atomic E-state index is -0.950. The van der Waals surface area contributed by atoms with E-state index in [1.807, 2.05) is 29.7 Å². The lowest BCUT2D eigenvalue weighted by molar-refractivity contribution is 0.0697. The molecule has 0 aliphatic heterocycles. The van der Waals surface area contributed by atoms with Gasteiger partial charge in [-0.2, -0.15) is 0 Å². The highest BCUT2D eigenvalue weighted by molar-refractivity contribution is 9.10. The zero-order valence-corrected chi connectivity index (χ0v) is 14.0. The zero-order chi connectivity index (χ0) is 15.9. The predicted molar refractivity (Wildman–Crippen MR) is 89.7 cm³/mol. The van der Waals surface area contributed by atoms with E-state index in [2.05, 4.69) is 20.9 Å². The minimum Gasteiger partial charge on any atom is -0.478 e. The number of fused-ring (bicyclic) bond motifs is 1. The fraction of sp³-hybridized carbons (Fsp3) is 0.125. The van der Waals surface area contributed by atoms with Crippen LogP contribution >= 0.6 is 27.5 Å². The van der Waals surface area contributed by atoms with Gasteiger partial charge in [-0.15, -0.1) is 0 Å². The summed E-state index contributed by atoms with van der Waals surface area (Å²) in [5, 5.41) is 9.81. The maximum absolute atomic E-state index is 11.2. The number of imidazole rings is 1. The highest BCUT2D eigenvalue weighted by Crippen LogP contribution is 2.25. The number of carbonyl (C=O) groups is 1. The van der Waals surface area contributed by atoms with E-state index in [9.17, 15) is 4.79 Å². The number of nitrogens with zero attached hydrogens (tertiary/aromatic N) is 2. The number of halogens is 2. The Hall–Kier alpha value is -1.85. The molecule has 0 saturated heterocycles. The summed E-state index contributed by atoms with van der Waals surface area (Å²) in [7, 11) is 0. The van der Waals surface area contributed by atoms with E-state index in [0.29, 0.717) is 11.6 Å². The quantitative estimate of drug-likeness (QED) is 0.728. The van der Waals surface area contributed by atoms with E-state index in [1.165, 1.54) is 0 Å². The molecule has 6 heteroatoms. The van der Waals surface area contributed by atoms with Crippen LogP contribution in [0.4, 0.5) is 0 Å². The molecule has 0 saturated carbocycles. The van der Waals surface area contributed by atoms with Crippen molar-refractivity contribution >= 4 is 44.5 Å². The Kier molecular flexibility index (Phi) is 3.93. The number of hydrogen-bond donors (Lipinski definition) is 1. The molecule has 0 spiro atoms. The molecule has 1 N–H and O–H groups in total. The molecule has 2 aromatic carbocycles. The number of rotatable bonds is 3. The molecule has 1 heterocycles. The number of hydrogen-bond acceptors (Lipinski definition) is 2. The van der Waals surface area contributed by atoms with Crippen LogP contribution in [-0.2, 0) is 6.54 Å². The van der Waals surface area contributed by atoms with Crippen LogP contribution in [0.25, 0.3) is 11.0 Å². The summed E-state index contributed by atoms with van der Waals surface area (Å²) in [4.78, 5) is 15.6. The van der Waals surface area contributed by atoms with Gasteiger partial charge < -0.3 is 9.67 Å². The molecule has 3 rings (SSSR count). The summed E-state index contributed by atoms with van der Waals surface area (Å²) in [6.45, 7) is 2.44. The summed E-state index contributed by atoms with van der Waals surface area (Å²) >= 11 is 9.66.